The summed E-state index contributed by atoms with van der Waals surface area (Å²) in [5.74, 6) is 0.518. The molecule has 2 aromatic heterocycles. The third kappa shape index (κ3) is 4.34. The smallest absolute Gasteiger partial charge is 0.260 e. The van der Waals surface area contributed by atoms with Crippen LogP contribution < -0.4 is 10.9 Å². The quantitative estimate of drug-likeness (QED) is 0.362. The van der Waals surface area contributed by atoms with E-state index in [1.165, 1.54) is 11.3 Å². The number of aromatic nitrogens is 2. The van der Waals surface area contributed by atoms with Gasteiger partial charge in [0.05, 0.1) is 17.1 Å². The molecule has 3 heterocycles. The Morgan fingerprint density at radius 3 is 2.59 bits per heavy atom. The Morgan fingerprint density at radius 1 is 1.15 bits per heavy atom. The lowest BCUT2D eigenvalue weighted by atomic mass is 9.94. The van der Waals surface area contributed by atoms with Crippen LogP contribution in [0.1, 0.15) is 31.6 Å². The Morgan fingerprint density at radius 2 is 1.85 bits per heavy atom. The normalized spacial score (nSPS) is 15.9. The summed E-state index contributed by atoms with van der Waals surface area (Å²) >= 11 is 1.48. The van der Waals surface area contributed by atoms with Gasteiger partial charge in [0.2, 0.25) is 5.91 Å². The highest BCUT2D eigenvalue weighted by Crippen LogP contribution is 2.32. The second-order valence-corrected chi connectivity index (χ2v) is 9.50. The molecule has 3 N–H and O–H groups in total. The van der Waals surface area contributed by atoms with Crippen LogP contribution in [0.2, 0.25) is 0 Å². The maximum Gasteiger partial charge on any atom is 0.260 e. The number of aromatic hydroxyl groups is 1. The highest BCUT2D eigenvalue weighted by Gasteiger charge is 2.29. The second-order valence-electron chi connectivity index (χ2n) is 8.64. The first-order valence-corrected chi connectivity index (χ1v) is 12.3. The number of aromatic amines is 1. The molecule has 4 aromatic rings. The molecule has 1 amide bonds. The van der Waals surface area contributed by atoms with E-state index in [1.807, 2.05) is 42.6 Å². The summed E-state index contributed by atoms with van der Waals surface area (Å²) in [5, 5.41) is 15.4. The van der Waals surface area contributed by atoms with E-state index in [0.29, 0.717) is 29.7 Å². The van der Waals surface area contributed by atoms with Gasteiger partial charge >= 0.3 is 0 Å². The number of phenolic OH excluding ortho intramolecular Hbond substituents is 1. The van der Waals surface area contributed by atoms with Crippen LogP contribution in [0, 0.1) is 5.92 Å². The molecule has 0 bridgehead atoms. The Labute approximate surface area is 201 Å². The molecule has 0 spiro atoms. The maximum atomic E-state index is 13.0. The van der Waals surface area contributed by atoms with Crippen molar-refractivity contribution in [3.05, 3.63) is 76.2 Å². The van der Waals surface area contributed by atoms with E-state index in [2.05, 4.69) is 15.2 Å². The van der Waals surface area contributed by atoms with Crippen LogP contribution in [0.15, 0.2) is 64.8 Å². The molecule has 0 radical (unpaired) electrons. The van der Waals surface area contributed by atoms with Crippen LogP contribution in [0.25, 0.3) is 21.3 Å². The number of likely N-dealkylation sites (tertiary alicyclic amines) is 1. The molecular weight excluding hydrogens is 448 g/mol. The molecule has 0 aliphatic carbocycles. The number of nitrogens with zero attached hydrogens (tertiary/aromatic N) is 2. The summed E-state index contributed by atoms with van der Waals surface area (Å²) in [4.78, 5) is 36.5. The Hall–Kier alpha value is -3.49. The van der Waals surface area contributed by atoms with E-state index in [1.54, 1.807) is 24.3 Å². The predicted octanol–water partition coefficient (Wildman–Crippen LogP) is 4.77. The first kappa shape index (κ1) is 22.3. The third-order valence-electron chi connectivity index (χ3n) is 6.55. The van der Waals surface area contributed by atoms with Crippen molar-refractivity contribution >= 4 is 33.1 Å². The number of carbonyl (C=O) groups excluding carboxylic acids is 1. The zero-order valence-electron chi connectivity index (χ0n) is 18.8. The molecule has 1 fully saturated rings. The number of rotatable bonds is 5. The molecule has 1 aliphatic rings. The van der Waals surface area contributed by atoms with Crippen molar-refractivity contribution in [3.63, 3.8) is 0 Å². The van der Waals surface area contributed by atoms with Crippen LogP contribution >= 0.6 is 11.3 Å². The van der Waals surface area contributed by atoms with E-state index in [4.69, 9.17) is 4.98 Å². The zero-order valence-corrected chi connectivity index (χ0v) is 19.6. The summed E-state index contributed by atoms with van der Waals surface area (Å²) in [7, 11) is 0. The lowest BCUT2D eigenvalue weighted by Crippen LogP contribution is -2.40. The molecule has 1 unspecified atom stereocenters. The molecule has 34 heavy (non-hydrogen) atoms. The van der Waals surface area contributed by atoms with Gasteiger partial charge in [-0.15, -0.1) is 11.3 Å². The number of nitrogens with one attached hydrogen (secondary N) is 2. The molecule has 2 aromatic carbocycles. The van der Waals surface area contributed by atoms with Gasteiger partial charge in [-0.25, -0.2) is 4.98 Å². The summed E-state index contributed by atoms with van der Waals surface area (Å²) < 4.78 is 0. The number of thiophene rings is 1. The predicted molar refractivity (Wildman–Crippen MR) is 135 cm³/mol. The molecule has 174 valence electrons. The van der Waals surface area contributed by atoms with Crippen molar-refractivity contribution in [2.24, 2.45) is 5.92 Å². The van der Waals surface area contributed by atoms with Gasteiger partial charge in [-0.05, 0) is 50.6 Å². The minimum atomic E-state index is -0.122. The number of H-pyrrole nitrogens is 1. The number of phenols is 1. The number of para-hydroxylation sites is 2. The SMILES string of the molecule is CC(c1nc2scc(-c3ccccc3)c2c(=O)[nH]1)N1CCC(C(=O)Nc2ccccc2O)CC1. The summed E-state index contributed by atoms with van der Waals surface area (Å²) in [6.07, 6.45) is 1.40. The fraction of sp³-hybridized carbons (Fsp3) is 0.269. The average molecular weight is 475 g/mol. The Kier molecular flexibility index (Phi) is 6.17. The molecular formula is C26H26N4O3S. The van der Waals surface area contributed by atoms with Gasteiger partial charge in [0.25, 0.3) is 5.56 Å². The number of anilines is 1. The molecule has 1 aliphatic heterocycles. The van der Waals surface area contributed by atoms with Crippen LogP contribution in [-0.4, -0.2) is 39.0 Å². The van der Waals surface area contributed by atoms with E-state index in [-0.39, 0.29) is 29.2 Å². The van der Waals surface area contributed by atoms with Crippen LogP contribution in [0.4, 0.5) is 5.69 Å². The first-order chi connectivity index (χ1) is 16.5. The van der Waals surface area contributed by atoms with Gasteiger partial charge in [-0.1, -0.05) is 42.5 Å². The van der Waals surface area contributed by atoms with E-state index in [0.717, 1.165) is 29.0 Å². The minimum absolute atomic E-state index is 0.0660. The van der Waals surface area contributed by atoms with Crippen LogP contribution in [0.3, 0.4) is 0 Å². The summed E-state index contributed by atoms with van der Waals surface area (Å²) in [6.45, 7) is 3.49. The van der Waals surface area contributed by atoms with Crippen molar-refractivity contribution in [1.29, 1.82) is 0 Å². The number of amides is 1. The third-order valence-corrected chi connectivity index (χ3v) is 7.42. The van der Waals surface area contributed by atoms with Crippen LogP contribution in [0.5, 0.6) is 5.75 Å². The van der Waals surface area contributed by atoms with Gasteiger partial charge < -0.3 is 15.4 Å². The fourth-order valence-electron chi connectivity index (χ4n) is 4.53. The molecule has 1 saturated heterocycles. The lowest BCUT2D eigenvalue weighted by molar-refractivity contribution is -0.121. The fourth-order valence-corrected chi connectivity index (χ4v) is 5.48. The number of benzene rings is 2. The molecule has 7 nitrogen and oxygen atoms in total. The number of hydrogen-bond donors (Lipinski definition) is 3. The largest absolute Gasteiger partial charge is 0.506 e. The van der Waals surface area contributed by atoms with E-state index >= 15 is 0 Å². The first-order valence-electron chi connectivity index (χ1n) is 11.4. The zero-order chi connectivity index (χ0) is 23.7. The number of hydrogen-bond acceptors (Lipinski definition) is 6. The molecule has 8 heteroatoms. The van der Waals surface area contributed by atoms with Gasteiger partial charge in [0, 0.05) is 16.9 Å². The summed E-state index contributed by atoms with van der Waals surface area (Å²) in [6, 6.07) is 16.6. The van der Waals surface area contributed by atoms with Crippen molar-refractivity contribution in [2.45, 2.75) is 25.8 Å². The van der Waals surface area contributed by atoms with Gasteiger partial charge in [-0.2, -0.15) is 0 Å². The van der Waals surface area contributed by atoms with Crippen LogP contribution in [-0.2, 0) is 4.79 Å². The van der Waals surface area contributed by atoms with Gasteiger partial charge in [-0.3, -0.25) is 14.5 Å². The second kappa shape index (κ2) is 9.40. The Balaban J connectivity index is 1.28. The van der Waals surface area contributed by atoms with Gasteiger partial charge in [0.1, 0.15) is 16.4 Å². The molecule has 1 atom stereocenters. The average Bonchev–Trinajstić information content (AvgIpc) is 3.30. The number of carbonyl (C=O) groups is 1. The van der Waals surface area contributed by atoms with Crippen molar-refractivity contribution in [2.75, 3.05) is 18.4 Å². The van der Waals surface area contributed by atoms with E-state index in [9.17, 15) is 14.7 Å². The van der Waals surface area contributed by atoms with E-state index < -0.39 is 0 Å². The topological polar surface area (TPSA) is 98.3 Å². The van der Waals surface area contributed by atoms with Crippen molar-refractivity contribution in [1.82, 2.24) is 14.9 Å². The number of fused-ring (bicyclic) bond motifs is 1. The highest BCUT2D eigenvalue weighted by molar-refractivity contribution is 7.17. The van der Waals surface area contributed by atoms with Gasteiger partial charge in [0.15, 0.2) is 0 Å². The summed E-state index contributed by atoms with van der Waals surface area (Å²) in [5.41, 5.74) is 2.23. The van der Waals surface area contributed by atoms with Crippen molar-refractivity contribution < 1.29 is 9.90 Å². The minimum Gasteiger partial charge on any atom is -0.506 e. The maximum absolute atomic E-state index is 13.0. The standard InChI is InChI=1S/C26H26N4O3S/c1-16(30-13-11-18(12-14-30)24(32)27-20-9-5-6-10-21(20)31)23-28-25(33)22-19(15-34-26(22)29-23)17-7-3-2-4-8-17/h2-10,15-16,18,31H,11-14H2,1H3,(H,27,32)(H,28,29,33). The monoisotopic (exact) mass is 474 g/mol. The molecule has 5 rings (SSSR count). The Bertz CT molecular complexity index is 1370. The lowest BCUT2D eigenvalue weighted by Gasteiger charge is -2.35. The number of piperidine rings is 1. The molecule has 0 saturated carbocycles. The highest BCUT2D eigenvalue weighted by atomic mass is 32.1. The van der Waals surface area contributed by atoms with Crippen molar-refractivity contribution in [3.8, 4) is 16.9 Å².